The molecule has 2 N–H and O–H groups in total. The molecule has 128 valence electrons. The van der Waals surface area contributed by atoms with Crippen LogP contribution in [0.4, 0.5) is 0 Å². The Kier molecular flexibility index (Phi) is 5.74. The molecule has 1 saturated heterocycles. The minimum Gasteiger partial charge on any atom is -0.374 e. The van der Waals surface area contributed by atoms with Gasteiger partial charge in [-0.1, -0.05) is 17.7 Å². The highest BCUT2D eigenvalue weighted by atomic mass is 32.2. The molecule has 1 aliphatic heterocycles. The second-order valence-electron chi connectivity index (χ2n) is 5.83. The Balaban J connectivity index is 2.05. The topological polar surface area (TPSA) is 92.9 Å². The van der Waals surface area contributed by atoms with E-state index >= 15 is 0 Å². The predicted octanol–water partition coefficient (Wildman–Crippen LogP) is -0.198. The number of sulfonamides is 1. The molecule has 2 rings (SSSR count). The van der Waals surface area contributed by atoms with Crippen LogP contribution in [0.1, 0.15) is 5.56 Å². The third-order valence-corrected chi connectivity index (χ3v) is 5.58. The maximum Gasteiger partial charge on any atom is 0.243 e. The van der Waals surface area contributed by atoms with Crippen LogP contribution in [0.3, 0.4) is 0 Å². The Morgan fingerprint density at radius 2 is 2.04 bits per heavy atom. The van der Waals surface area contributed by atoms with Crippen molar-refractivity contribution < 1.29 is 17.9 Å². The molecule has 0 saturated carbocycles. The quantitative estimate of drug-likeness (QED) is 0.774. The zero-order valence-corrected chi connectivity index (χ0v) is 14.3. The van der Waals surface area contributed by atoms with E-state index < -0.39 is 15.9 Å². The minimum absolute atomic E-state index is 0.116. The first-order valence-corrected chi connectivity index (χ1v) is 8.88. The zero-order valence-electron chi connectivity index (χ0n) is 13.4. The predicted molar refractivity (Wildman–Crippen MR) is 86.4 cm³/mol. The van der Waals surface area contributed by atoms with Crippen molar-refractivity contribution in [3.8, 4) is 0 Å². The molecule has 0 aromatic heterocycles. The molecule has 1 heterocycles. The second-order valence-corrected chi connectivity index (χ2v) is 7.77. The van der Waals surface area contributed by atoms with Crippen molar-refractivity contribution in [1.29, 1.82) is 0 Å². The van der Waals surface area contributed by atoms with Gasteiger partial charge in [0.15, 0.2) is 0 Å². The van der Waals surface area contributed by atoms with Gasteiger partial charge in [0.1, 0.15) is 0 Å². The number of benzene rings is 1. The minimum atomic E-state index is -3.53. The Hall–Kier alpha value is -1.48. The lowest BCUT2D eigenvalue weighted by atomic mass is 10.2. The van der Waals surface area contributed by atoms with Crippen LogP contribution in [-0.2, 0) is 19.6 Å². The number of morpholine rings is 1. The first kappa shape index (κ1) is 17.9. The van der Waals surface area contributed by atoms with Gasteiger partial charge in [0, 0.05) is 19.6 Å². The van der Waals surface area contributed by atoms with Gasteiger partial charge in [-0.3, -0.25) is 9.69 Å². The lowest BCUT2D eigenvalue weighted by Gasteiger charge is -2.33. The van der Waals surface area contributed by atoms with Crippen molar-refractivity contribution >= 4 is 15.9 Å². The van der Waals surface area contributed by atoms with Gasteiger partial charge in [-0.25, -0.2) is 8.42 Å². The van der Waals surface area contributed by atoms with Gasteiger partial charge in [0.05, 0.1) is 24.2 Å². The SMILES string of the molecule is Cc1ccc(S(=O)(=O)N2CCO[C@@H](CN(C)CC(N)=O)C2)cc1. The Labute approximate surface area is 137 Å². The number of hydrogen-bond acceptors (Lipinski definition) is 5. The monoisotopic (exact) mass is 341 g/mol. The maximum absolute atomic E-state index is 12.7. The van der Waals surface area contributed by atoms with Crippen LogP contribution in [0.25, 0.3) is 0 Å². The van der Waals surface area contributed by atoms with Crippen LogP contribution in [0.5, 0.6) is 0 Å². The van der Waals surface area contributed by atoms with Crippen LogP contribution in [0.2, 0.25) is 0 Å². The summed E-state index contributed by atoms with van der Waals surface area (Å²) in [6.45, 7) is 3.40. The Morgan fingerprint density at radius 3 is 2.65 bits per heavy atom. The van der Waals surface area contributed by atoms with Gasteiger partial charge in [-0.05, 0) is 26.1 Å². The summed E-state index contributed by atoms with van der Waals surface area (Å²) in [5, 5.41) is 0. The van der Waals surface area contributed by atoms with Crippen LogP contribution >= 0.6 is 0 Å². The molecule has 0 spiro atoms. The average Bonchev–Trinajstić information content (AvgIpc) is 2.47. The Morgan fingerprint density at radius 1 is 1.39 bits per heavy atom. The molecule has 1 aliphatic rings. The Bertz CT molecular complexity index is 645. The van der Waals surface area contributed by atoms with Crippen molar-refractivity contribution in [2.45, 2.75) is 17.9 Å². The van der Waals surface area contributed by atoms with E-state index in [1.54, 1.807) is 36.2 Å². The summed E-state index contributed by atoms with van der Waals surface area (Å²) in [7, 11) is -1.78. The third kappa shape index (κ3) is 4.74. The third-order valence-electron chi connectivity index (χ3n) is 3.70. The number of hydrogen-bond donors (Lipinski definition) is 1. The molecule has 1 atom stereocenters. The molecular weight excluding hydrogens is 318 g/mol. The number of ether oxygens (including phenoxy) is 1. The standard InChI is InChI=1S/C15H23N3O4S/c1-12-3-5-14(6-4-12)23(20,21)18-7-8-22-13(10-18)9-17(2)11-15(16)19/h3-6,13H,7-11H2,1-2H3,(H2,16,19)/t13-/m0/s1. The van der Waals surface area contributed by atoms with E-state index in [1.807, 2.05) is 6.92 Å². The first-order valence-electron chi connectivity index (χ1n) is 7.44. The smallest absolute Gasteiger partial charge is 0.243 e. The van der Waals surface area contributed by atoms with E-state index in [2.05, 4.69) is 0 Å². The molecule has 1 fully saturated rings. The summed E-state index contributed by atoms with van der Waals surface area (Å²) in [4.78, 5) is 12.9. The highest BCUT2D eigenvalue weighted by Gasteiger charge is 2.31. The lowest BCUT2D eigenvalue weighted by molar-refractivity contribution is -0.119. The fourth-order valence-corrected chi connectivity index (χ4v) is 4.01. The molecule has 0 unspecified atom stereocenters. The normalized spacial score (nSPS) is 19.9. The molecule has 23 heavy (non-hydrogen) atoms. The highest BCUT2D eigenvalue weighted by molar-refractivity contribution is 7.89. The number of likely N-dealkylation sites (N-methyl/N-ethyl adjacent to an activating group) is 1. The summed E-state index contributed by atoms with van der Waals surface area (Å²) in [5.41, 5.74) is 6.17. The largest absolute Gasteiger partial charge is 0.374 e. The molecule has 0 aliphatic carbocycles. The molecule has 1 amide bonds. The van der Waals surface area contributed by atoms with Gasteiger partial charge in [0.25, 0.3) is 0 Å². The number of nitrogens with two attached hydrogens (primary N) is 1. The molecule has 1 aromatic rings. The highest BCUT2D eigenvalue weighted by Crippen LogP contribution is 2.19. The number of rotatable bonds is 6. The van der Waals surface area contributed by atoms with E-state index in [0.717, 1.165) is 5.56 Å². The summed E-state index contributed by atoms with van der Waals surface area (Å²) >= 11 is 0. The molecule has 7 nitrogen and oxygen atoms in total. The van der Waals surface area contributed by atoms with Crippen molar-refractivity contribution in [2.75, 3.05) is 39.8 Å². The number of carbonyl (C=O) groups excluding carboxylic acids is 1. The first-order chi connectivity index (χ1) is 10.8. The van der Waals surface area contributed by atoms with E-state index in [-0.39, 0.29) is 24.1 Å². The number of carbonyl (C=O) groups is 1. The summed E-state index contributed by atoms with van der Waals surface area (Å²) in [5.74, 6) is -0.424. The van der Waals surface area contributed by atoms with Crippen molar-refractivity contribution in [2.24, 2.45) is 5.73 Å². The van der Waals surface area contributed by atoms with Gasteiger partial charge in [-0.2, -0.15) is 4.31 Å². The molecule has 1 aromatic carbocycles. The van der Waals surface area contributed by atoms with Crippen LogP contribution in [0, 0.1) is 6.92 Å². The van der Waals surface area contributed by atoms with Crippen LogP contribution in [0.15, 0.2) is 29.2 Å². The molecule has 0 radical (unpaired) electrons. The fraction of sp³-hybridized carbons (Fsp3) is 0.533. The number of nitrogens with zero attached hydrogens (tertiary/aromatic N) is 2. The van der Waals surface area contributed by atoms with E-state index in [1.165, 1.54) is 4.31 Å². The van der Waals surface area contributed by atoms with Crippen LogP contribution in [-0.4, -0.2) is 69.5 Å². The molecule has 8 heteroatoms. The van der Waals surface area contributed by atoms with Gasteiger partial charge >= 0.3 is 0 Å². The summed E-state index contributed by atoms with van der Waals surface area (Å²) < 4.78 is 32.4. The van der Waals surface area contributed by atoms with Crippen LogP contribution < -0.4 is 5.73 Å². The number of amides is 1. The maximum atomic E-state index is 12.7. The summed E-state index contributed by atoms with van der Waals surface area (Å²) in [6.07, 6.45) is -0.284. The number of aryl methyl sites for hydroxylation is 1. The fourth-order valence-electron chi connectivity index (χ4n) is 2.56. The van der Waals surface area contributed by atoms with Crippen molar-refractivity contribution in [1.82, 2.24) is 9.21 Å². The van der Waals surface area contributed by atoms with Crippen molar-refractivity contribution in [3.05, 3.63) is 29.8 Å². The van der Waals surface area contributed by atoms with E-state index in [0.29, 0.717) is 19.7 Å². The van der Waals surface area contributed by atoms with E-state index in [4.69, 9.17) is 10.5 Å². The molecular formula is C15H23N3O4S. The van der Waals surface area contributed by atoms with E-state index in [9.17, 15) is 13.2 Å². The van der Waals surface area contributed by atoms with Crippen molar-refractivity contribution in [3.63, 3.8) is 0 Å². The number of primary amides is 1. The summed E-state index contributed by atoms with van der Waals surface area (Å²) in [6, 6.07) is 6.81. The van der Waals surface area contributed by atoms with Gasteiger partial charge < -0.3 is 10.5 Å². The molecule has 0 bridgehead atoms. The van der Waals surface area contributed by atoms with Gasteiger partial charge in [-0.15, -0.1) is 0 Å². The zero-order chi connectivity index (χ0) is 17.0. The second kappa shape index (κ2) is 7.39. The lowest BCUT2D eigenvalue weighted by Crippen LogP contribution is -2.49. The van der Waals surface area contributed by atoms with Gasteiger partial charge in [0.2, 0.25) is 15.9 Å². The average molecular weight is 341 g/mol.